The molecule has 0 amide bonds. The van der Waals surface area contributed by atoms with Crippen molar-refractivity contribution in [3.63, 3.8) is 0 Å². The first-order valence-electron chi connectivity index (χ1n) is 7.75. The molecule has 23 heavy (non-hydrogen) atoms. The zero-order valence-electron chi connectivity index (χ0n) is 12.8. The Bertz CT molecular complexity index is 813. The maximum atomic E-state index is 5.99. The zero-order valence-corrected chi connectivity index (χ0v) is 12.8. The van der Waals surface area contributed by atoms with Crippen LogP contribution < -0.4 is 5.73 Å². The van der Waals surface area contributed by atoms with E-state index >= 15 is 0 Å². The lowest BCUT2D eigenvalue weighted by Gasteiger charge is -2.26. The molecule has 4 rings (SSSR count). The summed E-state index contributed by atoms with van der Waals surface area (Å²) >= 11 is 0. The highest BCUT2D eigenvalue weighted by Crippen LogP contribution is 2.24. The van der Waals surface area contributed by atoms with E-state index in [1.165, 1.54) is 0 Å². The molecule has 3 heterocycles. The summed E-state index contributed by atoms with van der Waals surface area (Å²) in [7, 11) is 0. The van der Waals surface area contributed by atoms with Gasteiger partial charge < -0.3 is 10.2 Å². The Morgan fingerprint density at radius 3 is 2.87 bits per heavy atom. The summed E-state index contributed by atoms with van der Waals surface area (Å²) in [6.07, 6.45) is 2.73. The molecule has 0 aliphatic carbocycles. The molecule has 2 N–H and O–H groups in total. The standard InChI is InChI=1S/C18H18N4O/c19-18-20-10-14-11-22(9-8-16(14)21-18)12-15-6-7-17(23-15)13-4-2-1-3-5-13/h1-7,10H,8-9,11-12H2,(H2,19,20,21). The monoisotopic (exact) mass is 306 g/mol. The third kappa shape index (κ3) is 2.96. The van der Waals surface area contributed by atoms with Gasteiger partial charge in [0.25, 0.3) is 0 Å². The summed E-state index contributed by atoms with van der Waals surface area (Å²) in [6, 6.07) is 14.2. The predicted octanol–water partition coefficient (Wildman–Crippen LogP) is 2.88. The third-order valence-corrected chi connectivity index (χ3v) is 4.13. The maximum absolute atomic E-state index is 5.99. The van der Waals surface area contributed by atoms with E-state index in [0.29, 0.717) is 5.95 Å². The Labute approximate surface area is 134 Å². The highest BCUT2D eigenvalue weighted by atomic mass is 16.3. The molecule has 3 aromatic rings. The number of anilines is 1. The van der Waals surface area contributed by atoms with Crippen molar-refractivity contribution >= 4 is 5.95 Å². The second kappa shape index (κ2) is 5.85. The zero-order chi connectivity index (χ0) is 15.6. The van der Waals surface area contributed by atoms with Crippen molar-refractivity contribution in [1.82, 2.24) is 14.9 Å². The number of fused-ring (bicyclic) bond motifs is 1. The highest BCUT2D eigenvalue weighted by molar-refractivity contribution is 5.57. The van der Waals surface area contributed by atoms with Gasteiger partial charge >= 0.3 is 0 Å². The van der Waals surface area contributed by atoms with Crippen molar-refractivity contribution in [2.45, 2.75) is 19.5 Å². The largest absolute Gasteiger partial charge is 0.460 e. The maximum Gasteiger partial charge on any atom is 0.220 e. The second-order valence-electron chi connectivity index (χ2n) is 5.79. The fourth-order valence-corrected chi connectivity index (χ4v) is 2.97. The summed E-state index contributed by atoms with van der Waals surface area (Å²) in [4.78, 5) is 10.8. The molecule has 0 fully saturated rings. The van der Waals surface area contributed by atoms with Crippen molar-refractivity contribution in [3.8, 4) is 11.3 Å². The van der Waals surface area contributed by atoms with Crippen molar-refractivity contribution in [2.75, 3.05) is 12.3 Å². The SMILES string of the molecule is Nc1ncc2c(n1)CCN(Cc1ccc(-c3ccccc3)o1)C2. The summed E-state index contributed by atoms with van der Waals surface area (Å²) in [5.41, 5.74) is 8.97. The molecule has 0 atom stereocenters. The molecule has 0 unspecified atom stereocenters. The second-order valence-corrected chi connectivity index (χ2v) is 5.79. The van der Waals surface area contributed by atoms with Gasteiger partial charge in [0.05, 0.1) is 12.2 Å². The van der Waals surface area contributed by atoms with Gasteiger partial charge in [-0.3, -0.25) is 4.90 Å². The number of nitrogens with two attached hydrogens (primary N) is 1. The molecule has 1 aliphatic heterocycles. The number of rotatable bonds is 3. The van der Waals surface area contributed by atoms with Crippen LogP contribution in [0.4, 0.5) is 5.95 Å². The summed E-state index contributed by atoms with van der Waals surface area (Å²) in [5.74, 6) is 2.24. The average molecular weight is 306 g/mol. The lowest BCUT2D eigenvalue weighted by molar-refractivity contribution is 0.224. The highest BCUT2D eigenvalue weighted by Gasteiger charge is 2.19. The molecule has 0 bridgehead atoms. The Morgan fingerprint density at radius 1 is 1.13 bits per heavy atom. The fourth-order valence-electron chi connectivity index (χ4n) is 2.97. The lowest BCUT2D eigenvalue weighted by atomic mass is 10.1. The van der Waals surface area contributed by atoms with Crippen LogP contribution in [0.5, 0.6) is 0 Å². The van der Waals surface area contributed by atoms with Gasteiger partial charge in [-0.1, -0.05) is 30.3 Å². The van der Waals surface area contributed by atoms with Gasteiger partial charge in [0.1, 0.15) is 11.5 Å². The number of benzene rings is 1. The van der Waals surface area contributed by atoms with E-state index in [1.54, 1.807) is 0 Å². The normalized spacial score (nSPS) is 14.6. The van der Waals surface area contributed by atoms with Crippen LogP contribution in [0.25, 0.3) is 11.3 Å². The number of nitrogen functional groups attached to an aromatic ring is 1. The Balaban J connectivity index is 1.47. The van der Waals surface area contributed by atoms with E-state index in [4.69, 9.17) is 10.2 Å². The molecule has 5 nitrogen and oxygen atoms in total. The van der Waals surface area contributed by atoms with E-state index in [9.17, 15) is 0 Å². The van der Waals surface area contributed by atoms with E-state index in [0.717, 1.165) is 54.4 Å². The molecule has 0 saturated heterocycles. The minimum Gasteiger partial charge on any atom is -0.460 e. The van der Waals surface area contributed by atoms with Crippen LogP contribution in [0, 0.1) is 0 Å². The Kier molecular flexibility index (Phi) is 3.55. The number of hydrogen-bond donors (Lipinski definition) is 1. The summed E-state index contributed by atoms with van der Waals surface area (Å²) < 4.78 is 5.99. The third-order valence-electron chi connectivity index (χ3n) is 4.13. The first kappa shape index (κ1) is 14.0. The van der Waals surface area contributed by atoms with Crippen molar-refractivity contribution in [3.05, 3.63) is 65.7 Å². The number of aromatic nitrogens is 2. The van der Waals surface area contributed by atoms with Gasteiger partial charge in [0.15, 0.2) is 0 Å². The van der Waals surface area contributed by atoms with Crippen LogP contribution in [0.3, 0.4) is 0 Å². The molecule has 116 valence electrons. The van der Waals surface area contributed by atoms with Gasteiger partial charge in [-0.2, -0.15) is 0 Å². The van der Waals surface area contributed by atoms with Gasteiger partial charge in [0, 0.05) is 36.8 Å². The summed E-state index contributed by atoms with van der Waals surface area (Å²) in [5, 5.41) is 0. The molecule has 0 radical (unpaired) electrons. The van der Waals surface area contributed by atoms with Gasteiger partial charge in [-0.25, -0.2) is 9.97 Å². The minimum absolute atomic E-state index is 0.357. The van der Waals surface area contributed by atoms with E-state index in [-0.39, 0.29) is 0 Å². The first-order chi connectivity index (χ1) is 11.3. The number of furan rings is 1. The van der Waals surface area contributed by atoms with Gasteiger partial charge in [0.2, 0.25) is 5.95 Å². The molecule has 1 aliphatic rings. The summed E-state index contributed by atoms with van der Waals surface area (Å²) in [6.45, 7) is 2.57. The van der Waals surface area contributed by atoms with Crippen molar-refractivity contribution in [2.24, 2.45) is 0 Å². The molecule has 1 aromatic carbocycles. The van der Waals surface area contributed by atoms with E-state index in [2.05, 4.69) is 33.1 Å². The van der Waals surface area contributed by atoms with E-state index < -0.39 is 0 Å². The van der Waals surface area contributed by atoms with Crippen LogP contribution in [-0.2, 0) is 19.5 Å². The van der Waals surface area contributed by atoms with Crippen LogP contribution in [0.1, 0.15) is 17.0 Å². The Morgan fingerprint density at radius 2 is 2.00 bits per heavy atom. The molecule has 2 aromatic heterocycles. The van der Waals surface area contributed by atoms with Crippen LogP contribution in [-0.4, -0.2) is 21.4 Å². The van der Waals surface area contributed by atoms with Gasteiger partial charge in [-0.15, -0.1) is 0 Å². The number of nitrogens with zero attached hydrogens (tertiary/aromatic N) is 3. The fraction of sp³-hybridized carbons (Fsp3) is 0.222. The lowest BCUT2D eigenvalue weighted by Crippen LogP contribution is -2.30. The molecule has 5 heteroatoms. The Hall–Kier alpha value is -2.66. The van der Waals surface area contributed by atoms with Crippen molar-refractivity contribution in [1.29, 1.82) is 0 Å². The van der Waals surface area contributed by atoms with Crippen LogP contribution in [0.15, 0.2) is 53.1 Å². The number of hydrogen-bond acceptors (Lipinski definition) is 5. The molecule has 0 spiro atoms. The molecule has 0 saturated carbocycles. The van der Waals surface area contributed by atoms with Crippen LogP contribution >= 0.6 is 0 Å². The topological polar surface area (TPSA) is 68.2 Å². The smallest absolute Gasteiger partial charge is 0.220 e. The first-order valence-corrected chi connectivity index (χ1v) is 7.75. The van der Waals surface area contributed by atoms with Crippen molar-refractivity contribution < 1.29 is 4.42 Å². The van der Waals surface area contributed by atoms with E-state index in [1.807, 2.05) is 30.5 Å². The quantitative estimate of drug-likeness (QED) is 0.806. The molecular weight excluding hydrogens is 288 g/mol. The predicted molar refractivity (Wildman–Crippen MR) is 88.4 cm³/mol. The average Bonchev–Trinajstić information content (AvgIpc) is 3.04. The van der Waals surface area contributed by atoms with Gasteiger partial charge in [-0.05, 0) is 12.1 Å². The van der Waals surface area contributed by atoms with Crippen LogP contribution in [0.2, 0.25) is 0 Å². The minimum atomic E-state index is 0.357. The molecular formula is C18H18N4O.